The maximum Gasteiger partial charge on any atom is 0.300 e. The first kappa shape index (κ1) is 19.7. The van der Waals surface area contributed by atoms with E-state index >= 15 is 0 Å². The van der Waals surface area contributed by atoms with Gasteiger partial charge in [0.05, 0.1) is 5.92 Å². The normalized spacial score (nSPS) is 22.8. The highest BCUT2D eigenvalue weighted by Gasteiger charge is 2.38. The van der Waals surface area contributed by atoms with E-state index in [9.17, 15) is 4.79 Å². The van der Waals surface area contributed by atoms with Crippen LogP contribution in [0.1, 0.15) is 11.1 Å². The molecule has 1 aliphatic heterocycles. The van der Waals surface area contributed by atoms with Gasteiger partial charge in [-0.15, -0.1) is 0 Å². The fraction of sp³-hybridized carbons (Fsp3) is 0.500. The minimum Gasteiger partial charge on any atom is -0.519 e. The number of likely N-dealkylation sites (N-methyl/N-ethyl adjacent to an activating group) is 1. The SMILES string of the molecule is CN1CC(C(=O)O[Si](C)(C)C)C=C2c3cccc4c3c(cn4[Si](C)(C)C)CC21. The lowest BCUT2D eigenvalue weighted by Gasteiger charge is -2.39. The lowest BCUT2D eigenvalue weighted by molar-refractivity contribution is -0.138. The smallest absolute Gasteiger partial charge is 0.300 e. The fourth-order valence-corrected chi connectivity index (χ4v) is 6.84. The molecule has 2 atom stereocenters. The zero-order valence-electron chi connectivity index (χ0n) is 18.2. The van der Waals surface area contributed by atoms with Crippen LogP contribution in [0.2, 0.25) is 39.3 Å². The van der Waals surface area contributed by atoms with Crippen molar-refractivity contribution < 1.29 is 9.22 Å². The highest BCUT2D eigenvalue weighted by atomic mass is 28.4. The molecule has 4 rings (SSSR count). The van der Waals surface area contributed by atoms with E-state index in [1.54, 1.807) is 0 Å². The summed E-state index contributed by atoms with van der Waals surface area (Å²) in [6.07, 6.45) is 5.62. The van der Waals surface area contributed by atoms with Crippen molar-refractivity contribution in [3.8, 4) is 0 Å². The molecular weight excluding hydrogens is 380 g/mol. The van der Waals surface area contributed by atoms with E-state index in [1.165, 1.54) is 27.6 Å². The summed E-state index contributed by atoms with van der Waals surface area (Å²) in [6.45, 7) is 14.1. The largest absolute Gasteiger partial charge is 0.519 e. The molecule has 0 spiro atoms. The van der Waals surface area contributed by atoms with Gasteiger partial charge in [0.1, 0.15) is 0 Å². The van der Waals surface area contributed by atoms with Crippen molar-refractivity contribution in [3.63, 3.8) is 0 Å². The van der Waals surface area contributed by atoms with E-state index in [0.29, 0.717) is 6.04 Å². The molecule has 0 radical (unpaired) electrons. The van der Waals surface area contributed by atoms with Gasteiger partial charge in [0.25, 0.3) is 0 Å². The highest BCUT2D eigenvalue weighted by Crippen LogP contribution is 2.42. The second kappa shape index (κ2) is 6.44. The van der Waals surface area contributed by atoms with Crippen LogP contribution in [0.5, 0.6) is 0 Å². The molecule has 4 nitrogen and oxygen atoms in total. The van der Waals surface area contributed by atoms with Crippen molar-refractivity contribution >= 4 is 39.0 Å². The number of fused-ring (bicyclic) bond motifs is 2. The van der Waals surface area contributed by atoms with E-state index in [0.717, 1.165) is 13.0 Å². The molecule has 2 heterocycles. The van der Waals surface area contributed by atoms with Crippen molar-refractivity contribution in [1.29, 1.82) is 0 Å². The summed E-state index contributed by atoms with van der Waals surface area (Å²) in [5, 5.41) is 1.39. The first-order valence-corrected chi connectivity index (χ1v) is 17.1. The van der Waals surface area contributed by atoms with Gasteiger partial charge in [-0.1, -0.05) is 37.8 Å². The first-order chi connectivity index (χ1) is 13.0. The summed E-state index contributed by atoms with van der Waals surface area (Å²) < 4.78 is 8.36. The van der Waals surface area contributed by atoms with Crippen LogP contribution in [-0.2, 0) is 15.6 Å². The van der Waals surface area contributed by atoms with Gasteiger partial charge in [-0.05, 0) is 62.1 Å². The highest BCUT2D eigenvalue weighted by molar-refractivity contribution is 6.75. The monoisotopic (exact) mass is 412 g/mol. The van der Waals surface area contributed by atoms with Crippen LogP contribution >= 0.6 is 0 Å². The predicted molar refractivity (Wildman–Crippen MR) is 122 cm³/mol. The average Bonchev–Trinajstić information content (AvgIpc) is 2.94. The first-order valence-electron chi connectivity index (χ1n) is 10.2. The minimum absolute atomic E-state index is 0.0605. The molecule has 0 bridgehead atoms. The van der Waals surface area contributed by atoms with Crippen LogP contribution in [0.25, 0.3) is 16.5 Å². The molecule has 28 heavy (non-hydrogen) atoms. The Morgan fingerprint density at radius 2 is 1.86 bits per heavy atom. The molecule has 0 N–H and O–H groups in total. The maximum absolute atomic E-state index is 12.8. The average molecular weight is 413 g/mol. The van der Waals surface area contributed by atoms with Gasteiger partial charge in [-0.3, -0.25) is 9.69 Å². The Labute approximate surface area is 170 Å². The number of rotatable bonds is 3. The Morgan fingerprint density at radius 1 is 1.14 bits per heavy atom. The molecule has 1 aliphatic carbocycles. The van der Waals surface area contributed by atoms with Gasteiger partial charge < -0.3 is 8.66 Å². The number of hydrogen-bond donors (Lipinski definition) is 0. The molecule has 0 fully saturated rings. The standard InChI is InChI=1S/C22H32N2O2Si2/c1-23-13-16(22(25)26-28(5,6)7)11-18-17-9-8-10-19-21(17)15(12-20(18)23)14-24(19)27(2,3)4/h8-11,14,16,20H,12-13H2,1-7H3. The summed E-state index contributed by atoms with van der Waals surface area (Å²) in [5.41, 5.74) is 5.40. The minimum atomic E-state index is -1.89. The topological polar surface area (TPSA) is 34.5 Å². The molecule has 1 aromatic heterocycles. The zero-order valence-corrected chi connectivity index (χ0v) is 20.2. The van der Waals surface area contributed by atoms with Crippen LogP contribution in [0, 0.1) is 5.92 Å². The summed E-state index contributed by atoms with van der Waals surface area (Å²) in [4.78, 5) is 15.1. The molecule has 2 aromatic rings. The number of benzene rings is 1. The van der Waals surface area contributed by atoms with E-state index in [2.05, 4.69) is 85.9 Å². The van der Waals surface area contributed by atoms with Crippen LogP contribution in [0.3, 0.4) is 0 Å². The van der Waals surface area contributed by atoms with Gasteiger partial charge in [-0.25, -0.2) is 0 Å². The maximum atomic E-state index is 12.8. The van der Waals surface area contributed by atoms with E-state index in [-0.39, 0.29) is 11.9 Å². The van der Waals surface area contributed by atoms with Crippen LogP contribution in [-0.4, -0.2) is 51.3 Å². The van der Waals surface area contributed by atoms with Crippen LogP contribution < -0.4 is 0 Å². The van der Waals surface area contributed by atoms with E-state index in [1.807, 2.05) is 0 Å². The van der Waals surface area contributed by atoms with Crippen LogP contribution in [0.15, 0.2) is 30.5 Å². The van der Waals surface area contributed by atoms with Crippen molar-refractivity contribution in [1.82, 2.24) is 9.13 Å². The second-order valence-electron chi connectivity index (χ2n) is 10.3. The Morgan fingerprint density at radius 3 is 2.50 bits per heavy atom. The van der Waals surface area contributed by atoms with Crippen molar-refractivity contribution in [2.45, 2.75) is 51.7 Å². The Kier molecular flexibility index (Phi) is 4.52. The van der Waals surface area contributed by atoms with Gasteiger partial charge in [-0.2, -0.15) is 0 Å². The molecule has 0 saturated carbocycles. The summed E-state index contributed by atoms with van der Waals surface area (Å²) in [5.74, 6) is -0.242. The van der Waals surface area contributed by atoms with Gasteiger partial charge in [0.2, 0.25) is 8.32 Å². The third-order valence-corrected chi connectivity index (χ3v) is 8.45. The summed E-state index contributed by atoms with van der Waals surface area (Å²) in [7, 11) is -1.24. The fourth-order valence-electron chi connectivity index (χ4n) is 4.64. The van der Waals surface area contributed by atoms with Crippen LogP contribution in [0.4, 0.5) is 0 Å². The summed E-state index contributed by atoms with van der Waals surface area (Å²) >= 11 is 0. The van der Waals surface area contributed by atoms with Gasteiger partial charge in [0.15, 0.2) is 8.24 Å². The molecule has 150 valence electrons. The van der Waals surface area contributed by atoms with Gasteiger partial charge >= 0.3 is 5.97 Å². The molecule has 6 heteroatoms. The van der Waals surface area contributed by atoms with Crippen molar-refractivity contribution in [3.05, 3.63) is 41.6 Å². The number of hydrogen-bond acceptors (Lipinski definition) is 3. The number of nitrogens with zero attached hydrogens (tertiary/aromatic N) is 2. The van der Waals surface area contributed by atoms with E-state index in [4.69, 9.17) is 4.43 Å². The lowest BCUT2D eigenvalue weighted by atomic mass is 9.80. The molecule has 1 aromatic carbocycles. The van der Waals surface area contributed by atoms with Gasteiger partial charge in [0, 0.05) is 23.5 Å². The predicted octanol–water partition coefficient (Wildman–Crippen LogP) is 4.57. The lowest BCUT2D eigenvalue weighted by Crippen LogP contribution is -2.45. The van der Waals surface area contributed by atoms with Crippen molar-refractivity contribution in [2.75, 3.05) is 13.6 Å². The van der Waals surface area contributed by atoms with E-state index < -0.39 is 16.6 Å². The molecule has 0 saturated heterocycles. The number of carbonyl (C=O) groups is 1. The number of carbonyl (C=O) groups excluding carboxylic acids is 1. The Balaban J connectivity index is 1.83. The Bertz CT molecular complexity index is 979. The quantitative estimate of drug-likeness (QED) is 0.693. The third kappa shape index (κ3) is 3.31. The number of aromatic nitrogens is 1. The Hall–Kier alpha value is -1.64. The molecule has 2 unspecified atom stereocenters. The molecular formula is C22H32N2O2Si2. The summed E-state index contributed by atoms with van der Waals surface area (Å²) in [6, 6.07) is 7.00. The molecule has 0 amide bonds. The zero-order chi connectivity index (χ0) is 20.4. The molecule has 2 aliphatic rings. The third-order valence-electron chi connectivity index (χ3n) is 5.82. The second-order valence-corrected chi connectivity index (χ2v) is 19.6. The van der Waals surface area contributed by atoms with Crippen molar-refractivity contribution in [2.24, 2.45) is 5.92 Å².